The number of aromatic nitrogens is 1. The van der Waals surface area contributed by atoms with Crippen molar-refractivity contribution < 1.29 is 0 Å². The summed E-state index contributed by atoms with van der Waals surface area (Å²) in [5.41, 5.74) is 0. The molecule has 0 aromatic carbocycles. The highest BCUT2D eigenvalue weighted by Gasteiger charge is 2.05. The van der Waals surface area contributed by atoms with Crippen molar-refractivity contribution in [2.24, 2.45) is 0 Å². The monoisotopic (exact) mass is 199 g/mol. The second kappa shape index (κ2) is 6.07. The molecule has 4 heteroatoms. The van der Waals surface area contributed by atoms with Crippen molar-refractivity contribution in [3.8, 4) is 0 Å². The molecule has 3 nitrogen and oxygen atoms in total. The van der Waals surface area contributed by atoms with Crippen LogP contribution in [-0.4, -0.2) is 24.6 Å². The highest BCUT2D eigenvalue weighted by Crippen LogP contribution is 2.13. The van der Waals surface area contributed by atoms with Gasteiger partial charge in [-0.25, -0.2) is 4.98 Å². The Kier molecular flexibility index (Phi) is 4.97. The quantitative estimate of drug-likeness (QED) is 0.680. The third-order valence-corrected chi connectivity index (χ3v) is 2.78. The Bertz CT molecular complexity index is 211. The lowest BCUT2D eigenvalue weighted by atomic mass is 10.3. The van der Waals surface area contributed by atoms with Gasteiger partial charge in [-0.2, -0.15) is 0 Å². The van der Waals surface area contributed by atoms with Gasteiger partial charge in [-0.15, -0.1) is 11.3 Å². The van der Waals surface area contributed by atoms with Gasteiger partial charge in [0.05, 0.1) is 6.04 Å². The minimum absolute atomic E-state index is 0.374. The molecule has 0 aliphatic heterocycles. The smallest absolute Gasteiger partial charge is 0.109 e. The molecule has 1 aromatic rings. The van der Waals surface area contributed by atoms with Crippen molar-refractivity contribution >= 4 is 11.3 Å². The summed E-state index contributed by atoms with van der Waals surface area (Å²) >= 11 is 1.70. The van der Waals surface area contributed by atoms with Gasteiger partial charge in [-0.3, -0.25) is 0 Å². The Labute approximate surface area is 83.6 Å². The first-order chi connectivity index (χ1) is 6.34. The number of rotatable bonds is 6. The lowest BCUT2D eigenvalue weighted by Gasteiger charge is -2.10. The molecule has 0 fully saturated rings. The molecule has 0 radical (unpaired) electrons. The van der Waals surface area contributed by atoms with Crippen LogP contribution in [0.3, 0.4) is 0 Å². The van der Waals surface area contributed by atoms with Gasteiger partial charge in [0.15, 0.2) is 0 Å². The van der Waals surface area contributed by atoms with Crippen LogP contribution in [0.2, 0.25) is 0 Å². The minimum Gasteiger partial charge on any atom is -0.316 e. The van der Waals surface area contributed by atoms with E-state index >= 15 is 0 Å². The summed E-state index contributed by atoms with van der Waals surface area (Å²) in [5, 5.41) is 9.85. The number of thiazole rings is 1. The first-order valence-corrected chi connectivity index (χ1v) is 5.56. The molecule has 1 aromatic heterocycles. The van der Waals surface area contributed by atoms with Gasteiger partial charge >= 0.3 is 0 Å². The molecule has 0 aliphatic carbocycles. The van der Waals surface area contributed by atoms with Gasteiger partial charge in [0.1, 0.15) is 5.01 Å². The highest BCUT2D eigenvalue weighted by atomic mass is 32.1. The number of hydrogen-bond donors (Lipinski definition) is 2. The van der Waals surface area contributed by atoms with Gasteiger partial charge < -0.3 is 10.6 Å². The summed E-state index contributed by atoms with van der Waals surface area (Å²) in [6.45, 7) is 7.31. The van der Waals surface area contributed by atoms with Crippen molar-refractivity contribution in [3.05, 3.63) is 16.6 Å². The van der Waals surface area contributed by atoms with Crippen LogP contribution in [0, 0.1) is 0 Å². The average molecular weight is 199 g/mol. The molecule has 0 bridgehead atoms. The molecular formula is C9H17N3S. The molecule has 13 heavy (non-hydrogen) atoms. The maximum atomic E-state index is 4.25. The molecule has 0 amide bonds. The maximum absolute atomic E-state index is 4.25. The Morgan fingerprint density at radius 1 is 1.54 bits per heavy atom. The van der Waals surface area contributed by atoms with E-state index in [4.69, 9.17) is 0 Å². The Morgan fingerprint density at radius 3 is 3.00 bits per heavy atom. The Balaban J connectivity index is 2.15. The van der Waals surface area contributed by atoms with Crippen LogP contribution in [0.25, 0.3) is 0 Å². The summed E-state index contributed by atoms with van der Waals surface area (Å²) in [6, 6.07) is 0.374. The first-order valence-electron chi connectivity index (χ1n) is 4.68. The van der Waals surface area contributed by atoms with E-state index in [2.05, 4.69) is 29.5 Å². The van der Waals surface area contributed by atoms with Crippen LogP contribution in [0.15, 0.2) is 11.6 Å². The normalized spacial score (nSPS) is 13.1. The zero-order valence-electron chi connectivity index (χ0n) is 8.21. The molecule has 1 unspecified atom stereocenters. The zero-order chi connectivity index (χ0) is 9.52. The SMILES string of the molecule is CCNCCNC(C)c1nccs1. The van der Waals surface area contributed by atoms with E-state index in [1.165, 1.54) is 0 Å². The van der Waals surface area contributed by atoms with Crippen molar-refractivity contribution in [2.75, 3.05) is 19.6 Å². The lowest BCUT2D eigenvalue weighted by molar-refractivity contribution is 0.550. The number of nitrogens with one attached hydrogen (secondary N) is 2. The maximum Gasteiger partial charge on any atom is 0.109 e. The predicted molar refractivity (Wildman–Crippen MR) is 57.1 cm³/mol. The van der Waals surface area contributed by atoms with E-state index in [-0.39, 0.29) is 0 Å². The van der Waals surface area contributed by atoms with E-state index in [0.717, 1.165) is 24.6 Å². The van der Waals surface area contributed by atoms with E-state index in [9.17, 15) is 0 Å². The molecule has 0 saturated carbocycles. The van der Waals surface area contributed by atoms with Crippen LogP contribution < -0.4 is 10.6 Å². The fourth-order valence-corrected chi connectivity index (χ4v) is 1.76. The van der Waals surface area contributed by atoms with Gasteiger partial charge in [-0.1, -0.05) is 6.92 Å². The Morgan fingerprint density at radius 2 is 2.38 bits per heavy atom. The molecule has 2 N–H and O–H groups in total. The van der Waals surface area contributed by atoms with Gasteiger partial charge in [0.2, 0.25) is 0 Å². The molecule has 0 saturated heterocycles. The van der Waals surface area contributed by atoms with Gasteiger partial charge in [0, 0.05) is 24.7 Å². The third-order valence-electron chi connectivity index (χ3n) is 1.82. The van der Waals surface area contributed by atoms with Gasteiger partial charge in [-0.05, 0) is 13.5 Å². The fourth-order valence-electron chi connectivity index (χ4n) is 1.09. The standard InChI is InChI=1S/C9H17N3S/c1-3-10-4-5-11-8(2)9-12-6-7-13-9/h6-8,10-11H,3-5H2,1-2H3. The molecule has 74 valence electrons. The third kappa shape index (κ3) is 3.85. The number of likely N-dealkylation sites (N-methyl/N-ethyl adjacent to an activating group) is 1. The van der Waals surface area contributed by atoms with Crippen molar-refractivity contribution in [1.82, 2.24) is 15.6 Å². The molecule has 1 rings (SSSR count). The molecule has 0 spiro atoms. The van der Waals surface area contributed by atoms with E-state index in [1.807, 2.05) is 11.6 Å². The largest absolute Gasteiger partial charge is 0.316 e. The average Bonchev–Trinajstić information content (AvgIpc) is 2.65. The van der Waals surface area contributed by atoms with Crippen LogP contribution in [0.1, 0.15) is 24.9 Å². The summed E-state index contributed by atoms with van der Waals surface area (Å²) in [6.07, 6.45) is 1.85. The lowest BCUT2D eigenvalue weighted by Crippen LogP contribution is -2.28. The second-order valence-corrected chi connectivity index (χ2v) is 3.83. The summed E-state index contributed by atoms with van der Waals surface area (Å²) < 4.78 is 0. The van der Waals surface area contributed by atoms with Crippen molar-refractivity contribution in [3.63, 3.8) is 0 Å². The molecule has 0 aliphatic rings. The molecule has 1 atom stereocenters. The zero-order valence-corrected chi connectivity index (χ0v) is 9.03. The van der Waals surface area contributed by atoms with E-state index < -0.39 is 0 Å². The van der Waals surface area contributed by atoms with Crippen LogP contribution in [0.5, 0.6) is 0 Å². The van der Waals surface area contributed by atoms with E-state index in [0.29, 0.717) is 6.04 Å². The fraction of sp³-hybridized carbons (Fsp3) is 0.667. The van der Waals surface area contributed by atoms with E-state index in [1.54, 1.807) is 11.3 Å². The van der Waals surface area contributed by atoms with Crippen LogP contribution in [0.4, 0.5) is 0 Å². The highest BCUT2D eigenvalue weighted by molar-refractivity contribution is 7.09. The van der Waals surface area contributed by atoms with Crippen molar-refractivity contribution in [1.29, 1.82) is 0 Å². The Hall–Kier alpha value is -0.450. The second-order valence-electron chi connectivity index (χ2n) is 2.90. The van der Waals surface area contributed by atoms with Crippen LogP contribution in [-0.2, 0) is 0 Å². The summed E-state index contributed by atoms with van der Waals surface area (Å²) in [7, 11) is 0. The summed E-state index contributed by atoms with van der Waals surface area (Å²) in [4.78, 5) is 4.25. The molecule has 1 heterocycles. The minimum atomic E-state index is 0.374. The molecular weight excluding hydrogens is 182 g/mol. The first kappa shape index (κ1) is 10.6. The topological polar surface area (TPSA) is 37.0 Å². The summed E-state index contributed by atoms with van der Waals surface area (Å²) in [5.74, 6) is 0. The predicted octanol–water partition coefficient (Wildman–Crippen LogP) is 1.40. The number of hydrogen-bond acceptors (Lipinski definition) is 4. The van der Waals surface area contributed by atoms with Crippen molar-refractivity contribution in [2.45, 2.75) is 19.9 Å². The number of nitrogens with zero attached hydrogens (tertiary/aromatic N) is 1. The van der Waals surface area contributed by atoms with Crippen LogP contribution >= 0.6 is 11.3 Å². The van der Waals surface area contributed by atoms with Gasteiger partial charge in [0.25, 0.3) is 0 Å².